The number of halogens is 4. The van der Waals surface area contributed by atoms with Crippen LogP contribution in [0.2, 0.25) is 0 Å². The van der Waals surface area contributed by atoms with Crippen LogP contribution in [0, 0.1) is 23.3 Å². The Bertz CT molecular complexity index is 1320. The van der Waals surface area contributed by atoms with Crippen LogP contribution in [-0.2, 0) is 23.3 Å². The standard InChI is InChI=1S/C26H22F4N2O3/c1-26(2)20-5-4-15(24(33)31-12-19-21(29)10-17(28)11-22(19)30)8-23(20)32(25(26)34)13-14-6-16(27)9-18(7-14)35-3/h4-11H,12-13H2,1-3H3,(H,31,33). The van der Waals surface area contributed by atoms with Crippen LogP contribution < -0.4 is 15.0 Å². The summed E-state index contributed by atoms with van der Waals surface area (Å²) in [5, 5.41) is 2.42. The highest BCUT2D eigenvalue weighted by molar-refractivity contribution is 6.08. The fourth-order valence-electron chi connectivity index (χ4n) is 4.17. The number of carbonyl (C=O) groups excluding carboxylic acids is 2. The number of nitrogens with zero attached hydrogens (tertiary/aromatic N) is 1. The maximum atomic E-state index is 14.0. The molecule has 0 aromatic heterocycles. The zero-order valence-electron chi connectivity index (χ0n) is 19.2. The summed E-state index contributed by atoms with van der Waals surface area (Å²) in [6.45, 7) is 3.05. The third kappa shape index (κ3) is 4.58. The van der Waals surface area contributed by atoms with E-state index in [-0.39, 0.29) is 18.0 Å². The Morgan fingerprint density at radius 3 is 2.29 bits per heavy atom. The van der Waals surface area contributed by atoms with E-state index in [0.29, 0.717) is 34.7 Å². The number of nitrogens with one attached hydrogen (secondary N) is 1. The van der Waals surface area contributed by atoms with Gasteiger partial charge < -0.3 is 15.0 Å². The molecule has 4 rings (SSSR count). The van der Waals surface area contributed by atoms with E-state index < -0.39 is 46.7 Å². The van der Waals surface area contributed by atoms with Crippen molar-refractivity contribution in [1.82, 2.24) is 5.32 Å². The number of hydrogen-bond donors (Lipinski definition) is 1. The van der Waals surface area contributed by atoms with Gasteiger partial charge in [-0.2, -0.15) is 0 Å². The normalized spacial score (nSPS) is 14.1. The molecule has 182 valence electrons. The Hall–Kier alpha value is -3.88. The predicted octanol–water partition coefficient (Wildman–Crippen LogP) is 5.01. The molecular weight excluding hydrogens is 464 g/mol. The lowest BCUT2D eigenvalue weighted by atomic mass is 9.86. The quantitative estimate of drug-likeness (QED) is 0.499. The van der Waals surface area contributed by atoms with Crippen LogP contribution in [0.15, 0.2) is 48.5 Å². The van der Waals surface area contributed by atoms with E-state index in [0.717, 1.165) is 0 Å². The molecule has 0 spiro atoms. The molecule has 0 radical (unpaired) electrons. The van der Waals surface area contributed by atoms with Gasteiger partial charge >= 0.3 is 0 Å². The molecule has 1 heterocycles. The molecule has 0 fully saturated rings. The Kier molecular flexibility index (Phi) is 6.27. The molecular formula is C26H22F4N2O3. The largest absolute Gasteiger partial charge is 0.497 e. The lowest BCUT2D eigenvalue weighted by Gasteiger charge is -2.21. The molecule has 2 amide bonds. The van der Waals surface area contributed by atoms with E-state index in [4.69, 9.17) is 4.74 Å². The Balaban J connectivity index is 1.62. The number of benzene rings is 3. The molecule has 5 nitrogen and oxygen atoms in total. The van der Waals surface area contributed by atoms with E-state index >= 15 is 0 Å². The van der Waals surface area contributed by atoms with Crippen molar-refractivity contribution in [1.29, 1.82) is 0 Å². The minimum absolute atomic E-state index is 0.0421. The first kappa shape index (κ1) is 24.3. The summed E-state index contributed by atoms with van der Waals surface area (Å²) in [5.41, 5.74) is 0.434. The van der Waals surface area contributed by atoms with Gasteiger partial charge in [0.25, 0.3) is 5.91 Å². The van der Waals surface area contributed by atoms with E-state index in [1.807, 2.05) is 0 Å². The molecule has 9 heteroatoms. The average Bonchev–Trinajstić information content (AvgIpc) is 2.98. The molecule has 1 aliphatic rings. The number of ether oxygens (including phenoxy) is 1. The minimum Gasteiger partial charge on any atom is -0.497 e. The molecule has 0 unspecified atom stereocenters. The lowest BCUT2D eigenvalue weighted by molar-refractivity contribution is -0.122. The Labute approximate surface area is 199 Å². The summed E-state index contributed by atoms with van der Waals surface area (Å²) in [7, 11) is 1.41. The molecule has 3 aromatic rings. The zero-order valence-corrected chi connectivity index (χ0v) is 19.2. The van der Waals surface area contributed by atoms with Crippen LogP contribution in [0.25, 0.3) is 0 Å². The molecule has 1 aliphatic heterocycles. The second-order valence-corrected chi connectivity index (χ2v) is 8.78. The maximum Gasteiger partial charge on any atom is 0.251 e. The second-order valence-electron chi connectivity index (χ2n) is 8.78. The van der Waals surface area contributed by atoms with Crippen LogP contribution in [0.5, 0.6) is 5.75 Å². The highest BCUT2D eigenvalue weighted by Gasteiger charge is 2.44. The van der Waals surface area contributed by atoms with Gasteiger partial charge in [0.05, 0.1) is 19.1 Å². The average molecular weight is 486 g/mol. The molecule has 1 N–H and O–H groups in total. The molecule has 0 saturated heterocycles. The van der Waals surface area contributed by atoms with E-state index in [2.05, 4.69) is 5.32 Å². The highest BCUT2D eigenvalue weighted by atomic mass is 19.1. The second kappa shape index (κ2) is 9.05. The number of carbonyl (C=O) groups is 2. The van der Waals surface area contributed by atoms with E-state index in [1.165, 1.54) is 36.3 Å². The van der Waals surface area contributed by atoms with Crippen molar-refractivity contribution in [2.75, 3.05) is 12.0 Å². The summed E-state index contributed by atoms with van der Waals surface area (Å²) in [6.07, 6.45) is 0. The van der Waals surface area contributed by atoms with Gasteiger partial charge in [0.1, 0.15) is 29.0 Å². The number of fused-ring (bicyclic) bond motifs is 1. The SMILES string of the molecule is COc1cc(F)cc(CN2C(=O)C(C)(C)c3ccc(C(=O)NCc4c(F)cc(F)cc4F)cc32)c1. The summed E-state index contributed by atoms with van der Waals surface area (Å²) in [4.78, 5) is 27.4. The Morgan fingerprint density at radius 1 is 0.971 bits per heavy atom. The molecule has 0 saturated carbocycles. The van der Waals surface area contributed by atoms with Gasteiger partial charge in [0.15, 0.2) is 0 Å². The van der Waals surface area contributed by atoms with Gasteiger partial charge in [-0.05, 0) is 49.2 Å². The summed E-state index contributed by atoms with van der Waals surface area (Å²) >= 11 is 0. The predicted molar refractivity (Wildman–Crippen MR) is 121 cm³/mol. The van der Waals surface area contributed by atoms with Gasteiger partial charge in [0.2, 0.25) is 5.91 Å². The number of rotatable bonds is 6. The Morgan fingerprint density at radius 2 is 1.63 bits per heavy atom. The van der Waals surface area contributed by atoms with Crippen LogP contribution in [0.1, 0.15) is 40.9 Å². The van der Waals surface area contributed by atoms with Crippen molar-refractivity contribution in [3.63, 3.8) is 0 Å². The zero-order chi connectivity index (χ0) is 25.5. The van der Waals surface area contributed by atoms with Crippen molar-refractivity contribution in [2.45, 2.75) is 32.4 Å². The monoisotopic (exact) mass is 486 g/mol. The summed E-state index contributed by atoms with van der Waals surface area (Å²) < 4.78 is 60.0. The van der Waals surface area contributed by atoms with E-state index in [9.17, 15) is 27.2 Å². The van der Waals surface area contributed by atoms with Crippen LogP contribution >= 0.6 is 0 Å². The highest BCUT2D eigenvalue weighted by Crippen LogP contribution is 2.43. The van der Waals surface area contributed by atoms with Crippen molar-refractivity contribution >= 4 is 17.5 Å². The smallest absolute Gasteiger partial charge is 0.251 e. The molecule has 0 bridgehead atoms. The van der Waals surface area contributed by atoms with Crippen LogP contribution in [0.4, 0.5) is 23.2 Å². The summed E-state index contributed by atoms with van der Waals surface area (Å²) in [5.74, 6) is -4.36. The molecule has 3 aromatic carbocycles. The fraction of sp³-hybridized carbons (Fsp3) is 0.231. The maximum absolute atomic E-state index is 14.0. The molecule has 0 aliphatic carbocycles. The number of hydrogen-bond acceptors (Lipinski definition) is 3. The first-order valence-electron chi connectivity index (χ1n) is 10.7. The van der Waals surface area contributed by atoms with Crippen molar-refractivity contribution < 1.29 is 31.9 Å². The van der Waals surface area contributed by atoms with Gasteiger partial charge in [0, 0.05) is 41.6 Å². The van der Waals surface area contributed by atoms with Crippen molar-refractivity contribution in [2.24, 2.45) is 0 Å². The number of amides is 2. The van der Waals surface area contributed by atoms with Gasteiger partial charge in [-0.3, -0.25) is 9.59 Å². The first-order valence-corrected chi connectivity index (χ1v) is 10.7. The first-order chi connectivity index (χ1) is 16.5. The topological polar surface area (TPSA) is 58.6 Å². The minimum atomic E-state index is -1.11. The summed E-state index contributed by atoms with van der Waals surface area (Å²) in [6, 6.07) is 9.86. The number of anilines is 1. The number of methoxy groups -OCH3 is 1. The lowest BCUT2D eigenvalue weighted by Crippen LogP contribution is -2.35. The van der Waals surface area contributed by atoms with E-state index in [1.54, 1.807) is 26.0 Å². The third-order valence-corrected chi connectivity index (χ3v) is 6.04. The molecule has 0 atom stereocenters. The molecule has 35 heavy (non-hydrogen) atoms. The van der Waals surface area contributed by atoms with Gasteiger partial charge in [-0.15, -0.1) is 0 Å². The van der Waals surface area contributed by atoms with Gasteiger partial charge in [-0.1, -0.05) is 6.07 Å². The van der Waals surface area contributed by atoms with Crippen molar-refractivity contribution in [3.8, 4) is 5.75 Å². The fourth-order valence-corrected chi connectivity index (χ4v) is 4.17. The van der Waals surface area contributed by atoms with Crippen LogP contribution in [-0.4, -0.2) is 18.9 Å². The third-order valence-electron chi connectivity index (χ3n) is 6.04. The van der Waals surface area contributed by atoms with Crippen molar-refractivity contribution in [3.05, 3.63) is 94.1 Å². The van der Waals surface area contributed by atoms with Gasteiger partial charge in [-0.25, -0.2) is 17.6 Å². The van der Waals surface area contributed by atoms with Crippen LogP contribution in [0.3, 0.4) is 0 Å².